The van der Waals surface area contributed by atoms with Gasteiger partial charge in [-0.2, -0.15) is 0 Å². The second-order valence-corrected chi connectivity index (χ2v) is 1.96. The van der Waals surface area contributed by atoms with Gasteiger partial charge >= 0.3 is 5.97 Å². The summed E-state index contributed by atoms with van der Waals surface area (Å²) in [7, 11) is 0. The molecule has 0 bridgehead atoms. The Morgan fingerprint density at radius 1 is 1.80 bits per heavy atom. The molecule has 0 atom stereocenters. The van der Waals surface area contributed by atoms with Crippen LogP contribution in [0, 0.1) is 0 Å². The van der Waals surface area contributed by atoms with E-state index in [-0.39, 0.29) is 5.56 Å². The molecule has 1 N–H and O–H groups in total. The lowest BCUT2D eigenvalue weighted by atomic mass is 10.3. The topological polar surface area (TPSA) is 50.4 Å². The lowest BCUT2D eigenvalue weighted by Gasteiger charge is -1.80. The van der Waals surface area contributed by atoms with Gasteiger partial charge in [0.15, 0.2) is 0 Å². The summed E-state index contributed by atoms with van der Waals surface area (Å²) < 4.78 is 4.89. The highest BCUT2D eigenvalue weighted by Crippen LogP contribution is 2.07. The quantitative estimate of drug-likeness (QED) is 0.677. The summed E-state index contributed by atoms with van der Waals surface area (Å²) in [6.07, 6.45) is 1.98. The van der Waals surface area contributed by atoms with Crippen LogP contribution < -0.4 is 0 Å². The summed E-state index contributed by atoms with van der Waals surface area (Å²) in [6, 6.07) is 1.53. The molecule has 10 heavy (non-hydrogen) atoms. The van der Waals surface area contributed by atoms with Gasteiger partial charge in [0.05, 0.1) is 5.56 Å². The van der Waals surface area contributed by atoms with Crippen LogP contribution in [0.2, 0.25) is 0 Å². The minimum atomic E-state index is -0.941. The first-order valence-corrected chi connectivity index (χ1v) is 3.04. The third kappa shape index (κ3) is 1.18. The molecule has 3 heteroatoms. The van der Waals surface area contributed by atoms with E-state index in [1.54, 1.807) is 0 Å². The molecule has 0 spiro atoms. The number of aryl methyl sites for hydroxylation is 1. The zero-order valence-electron chi connectivity index (χ0n) is 5.63. The number of carboxylic acid groups (broad SMARTS) is 1. The highest BCUT2D eigenvalue weighted by atomic mass is 16.4. The largest absolute Gasteiger partial charge is 0.478 e. The van der Waals surface area contributed by atoms with Crippen LogP contribution in [-0.4, -0.2) is 11.1 Å². The van der Waals surface area contributed by atoms with Crippen molar-refractivity contribution >= 4 is 5.97 Å². The first-order valence-electron chi connectivity index (χ1n) is 3.04. The Kier molecular flexibility index (Phi) is 1.76. The third-order valence-corrected chi connectivity index (χ3v) is 1.25. The molecule has 1 heterocycles. The number of hydrogen-bond acceptors (Lipinski definition) is 2. The molecule has 1 aromatic heterocycles. The van der Waals surface area contributed by atoms with E-state index in [9.17, 15) is 4.79 Å². The summed E-state index contributed by atoms with van der Waals surface area (Å²) in [5.41, 5.74) is 0.219. The Bertz CT molecular complexity index is 237. The van der Waals surface area contributed by atoms with Crippen molar-refractivity contribution in [1.29, 1.82) is 0 Å². The van der Waals surface area contributed by atoms with Gasteiger partial charge in [0.2, 0.25) is 0 Å². The number of rotatable bonds is 2. The lowest BCUT2D eigenvalue weighted by Crippen LogP contribution is -1.91. The van der Waals surface area contributed by atoms with Gasteiger partial charge < -0.3 is 9.52 Å². The Balaban J connectivity index is 2.88. The summed E-state index contributed by atoms with van der Waals surface area (Å²) >= 11 is 0. The van der Waals surface area contributed by atoms with E-state index in [4.69, 9.17) is 9.52 Å². The minimum Gasteiger partial charge on any atom is -0.478 e. The van der Waals surface area contributed by atoms with Gasteiger partial charge in [-0.15, -0.1) is 0 Å². The van der Waals surface area contributed by atoms with Crippen LogP contribution in [-0.2, 0) is 6.42 Å². The molecule has 0 radical (unpaired) electrons. The molecular weight excluding hydrogens is 132 g/mol. The van der Waals surface area contributed by atoms with Crippen molar-refractivity contribution in [3.05, 3.63) is 23.7 Å². The Hall–Kier alpha value is -1.25. The maximum atomic E-state index is 10.3. The minimum absolute atomic E-state index is 0.219. The molecule has 0 aliphatic heterocycles. The van der Waals surface area contributed by atoms with Crippen LogP contribution in [0.15, 0.2) is 16.7 Å². The molecule has 3 nitrogen and oxygen atoms in total. The van der Waals surface area contributed by atoms with Crippen molar-refractivity contribution in [2.24, 2.45) is 0 Å². The van der Waals surface area contributed by atoms with Crippen molar-refractivity contribution in [3.8, 4) is 0 Å². The molecule has 0 fully saturated rings. The van der Waals surface area contributed by atoms with Gasteiger partial charge in [-0.3, -0.25) is 0 Å². The van der Waals surface area contributed by atoms with Gasteiger partial charge in [-0.25, -0.2) is 4.79 Å². The first-order chi connectivity index (χ1) is 4.74. The molecule has 0 aliphatic rings. The second kappa shape index (κ2) is 2.56. The Labute approximate surface area is 58.3 Å². The monoisotopic (exact) mass is 140 g/mol. The molecule has 0 unspecified atom stereocenters. The fourth-order valence-corrected chi connectivity index (χ4v) is 0.678. The molecule has 1 aromatic rings. The van der Waals surface area contributed by atoms with Crippen LogP contribution >= 0.6 is 0 Å². The van der Waals surface area contributed by atoms with E-state index in [0.717, 1.165) is 6.42 Å². The average Bonchev–Trinajstić information content (AvgIpc) is 2.34. The van der Waals surface area contributed by atoms with Crippen molar-refractivity contribution < 1.29 is 14.3 Å². The van der Waals surface area contributed by atoms with E-state index in [1.165, 1.54) is 12.3 Å². The predicted molar refractivity (Wildman–Crippen MR) is 35.0 cm³/mol. The van der Waals surface area contributed by atoms with Gasteiger partial charge in [0.25, 0.3) is 0 Å². The van der Waals surface area contributed by atoms with Crippen molar-refractivity contribution in [2.45, 2.75) is 13.3 Å². The number of carbonyl (C=O) groups is 1. The summed E-state index contributed by atoms with van der Waals surface area (Å²) in [5, 5.41) is 8.43. The number of aromatic carboxylic acids is 1. The lowest BCUT2D eigenvalue weighted by molar-refractivity contribution is 0.0696. The zero-order valence-corrected chi connectivity index (χ0v) is 5.63. The van der Waals surface area contributed by atoms with Crippen molar-refractivity contribution in [3.63, 3.8) is 0 Å². The number of carboxylic acids is 1. The van der Waals surface area contributed by atoms with E-state index < -0.39 is 5.97 Å². The van der Waals surface area contributed by atoms with E-state index in [2.05, 4.69) is 0 Å². The summed E-state index contributed by atoms with van der Waals surface area (Å²) in [4.78, 5) is 10.3. The van der Waals surface area contributed by atoms with Crippen molar-refractivity contribution in [1.82, 2.24) is 0 Å². The third-order valence-electron chi connectivity index (χ3n) is 1.25. The Morgan fingerprint density at radius 2 is 2.50 bits per heavy atom. The molecule has 0 saturated carbocycles. The second-order valence-electron chi connectivity index (χ2n) is 1.96. The molecule has 0 aromatic carbocycles. The molecule has 0 saturated heterocycles. The molecule has 0 aliphatic carbocycles. The SMILES string of the molecule is CCc1cc(C(=O)O)co1. The number of hydrogen-bond donors (Lipinski definition) is 1. The first kappa shape index (κ1) is 6.86. The Morgan fingerprint density at radius 3 is 2.80 bits per heavy atom. The molecule has 1 rings (SSSR count). The van der Waals surface area contributed by atoms with Crippen molar-refractivity contribution in [2.75, 3.05) is 0 Å². The van der Waals surface area contributed by atoms with E-state index in [0.29, 0.717) is 5.76 Å². The molecule has 54 valence electrons. The van der Waals surface area contributed by atoms with Gasteiger partial charge in [0, 0.05) is 6.42 Å². The molecule has 0 amide bonds. The summed E-state index contributed by atoms with van der Waals surface area (Å²) in [5.74, 6) is -0.235. The highest BCUT2D eigenvalue weighted by Gasteiger charge is 2.05. The van der Waals surface area contributed by atoms with Gasteiger partial charge in [-0.1, -0.05) is 6.92 Å². The fraction of sp³-hybridized carbons (Fsp3) is 0.286. The average molecular weight is 140 g/mol. The van der Waals surface area contributed by atoms with Crippen LogP contribution in [0.5, 0.6) is 0 Å². The van der Waals surface area contributed by atoms with E-state index in [1.807, 2.05) is 6.92 Å². The fourth-order valence-electron chi connectivity index (χ4n) is 0.678. The maximum absolute atomic E-state index is 10.3. The normalized spacial score (nSPS) is 9.70. The van der Waals surface area contributed by atoms with Crippen LogP contribution in [0.25, 0.3) is 0 Å². The zero-order chi connectivity index (χ0) is 7.56. The van der Waals surface area contributed by atoms with Gasteiger partial charge in [-0.05, 0) is 6.07 Å². The van der Waals surface area contributed by atoms with Crippen LogP contribution in [0.4, 0.5) is 0 Å². The maximum Gasteiger partial charge on any atom is 0.338 e. The van der Waals surface area contributed by atoms with Crippen LogP contribution in [0.3, 0.4) is 0 Å². The summed E-state index contributed by atoms with van der Waals surface area (Å²) in [6.45, 7) is 1.91. The number of furan rings is 1. The van der Waals surface area contributed by atoms with E-state index >= 15 is 0 Å². The highest BCUT2D eigenvalue weighted by molar-refractivity contribution is 5.87. The standard InChI is InChI=1S/C7H8O3/c1-2-6-3-5(4-10-6)7(8)9/h3-4H,2H2,1H3,(H,8,9). The molecular formula is C7H8O3. The predicted octanol–water partition coefficient (Wildman–Crippen LogP) is 1.54. The van der Waals surface area contributed by atoms with Gasteiger partial charge in [0.1, 0.15) is 12.0 Å². The van der Waals surface area contributed by atoms with Crippen LogP contribution in [0.1, 0.15) is 23.0 Å². The smallest absolute Gasteiger partial charge is 0.338 e.